The topological polar surface area (TPSA) is 48.9 Å². The molecule has 0 bridgehead atoms. The maximum atomic E-state index is 5.38. The summed E-state index contributed by atoms with van der Waals surface area (Å²) in [5, 5.41) is 7.01. The Morgan fingerprint density at radius 2 is 2.04 bits per heavy atom. The summed E-state index contributed by atoms with van der Waals surface area (Å²) in [6, 6.07) is 11.8. The molecule has 1 fully saturated rings. The second kappa shape index (κ2) is 14.2. The molecule has 0 aliphatic carbocycles. The van der Waals surface area contributed by atoms with Crippen molar-refractivity contribution in [2.75, 3.05) is 32.8 Å². The molecule has 0 radical (unpaired) electrons. The van der Waals surface area contributed by atoms with E-state index in [1.54, 1.807) is 0 Å². The number of guanidine groups is 1. The first kappa shape index (κ1) is 24.2. The molecule has 5 nitrogen and oxygen atoms in total. The largest absolute Gasteiger partial charge is 0.382 e. The first-order chi connectivity index (χ1) is 12.7. The minimum Gasteiger partial charge on any atom is -0.382 e. The lowest BCUT2D eigenvalue weighted by Crippen LogP contribution is -2.51. The first-order valence-corrected chi connectivity index (χ1v) is 10.1. The smallest absolute Gasteiger partial charge is 0.191 e. The second-order valence-corrected chi connectivity index (χ2v) is 6.98. The van der Waals surface area contributed by atoms with E-state index >= 15 is 0 Å². The molecule has 0 amide bonds. The zero-order chi connectivity index (χ0) is 18.6. The fourth-order valence-electron chi connectivity index (χ4n) is 3.42. The average molecular weight is 488 g/mol. The normalized spacial score (nSPS) is 20.8. The first-order valence-electron chi connectivity index (χ1n) is 10.1. The molecule has 1 aliphatic rings. The van der Waals surface area contributed by atoms with Gasteiger partial charge in [0, 0.05) is 51.5 Å². The van der Waals surface area contributed by atoms with Crippen LogP contribution in [0.25, 0.3) is 0 Å². The highest BCUT2D eigenvalue weighted by atomic mass is 127. The molecule has 2 unspecified atom stereocenters. The predicted octanol–water partition coefficient (Wildman–Crippen LogP) is 3.64. The molecule has 2 N–H and O–H groups in total. The van der Waals surface area contributed by atoms with Gasteiger partial charge in [-0.1, -0.05) is 30.3 Å². The molecule has 6 heteroatoms. The van der Waals surface area contributed by atoms with Gasteiger partial charge in [0.1, 0.15) is 0 Å². The van der Waals surface area contributed by atoms with Crippen molar-refractivity contribution in [2.45, 2.75) is 58.7 Å². The van der Waals surface area contributed by atoms with Crippen LogP contribution in [0.15, 0.2) is 35.3 Å². The Bertz CT molecular complexity index is 526. The van der Waals surface area contributed by atoms with Gasteiger partial charge >= 0.3 is 0 Å². The molecule has 2 atom stereocenters. The van der Waals surface area contributed by atoms with Gasteiger partial charge in [-0.15, -0.1) is 24.0 Å². The third-order valence-electron chi connectivity index (χ3n) is 4.85. The van der Waals surface area contributed by atoms with Crippen molar-refractivity contribution >= 4 is 29.9 Å². The van der Waals surface area contributed by atoms with E-state index in [0.29, 0.717) is 12.1 Å². The summed E-state index contributed by atoms with van der Waals surface area (Å²) >= 11 is 0. The molecule has 0 spiro atoms. The minimum atomic E-state index is 0. The number of piperidine rings is 1. The van der Waals surface area contributed by atoms with Crippen LogP contribution < -0.4 is 10.6 Å². The summed E-state index contributed by atoms with van der Waals surface area (Å²) in [4.78, 5) is 7.28. The maximum Gasteiger partial charge on any atom is 0.191 e. The van der Waals surface area contributed by atoms with Gasteiger partial charge in [-0.2, -0.15) is 0 Å². The average Bonchev–Trinajstić information content (AvgIpc) is 2.65. The van der Waals surface area contributed by atoms with E-state index in [9.17, 15) is 0 Å². The van der Waals surface area contributed by atoms with E-state index in [-0.39, 0.29) is 24.0 Å². The minimum absolute atomic E-state index is 0. The van der Waals surface area contributed by atoms with E-state index in [4.69, 9.17) is 9.73 Å². The lowest BCUT2D eigenvalue weighted by molar-refractivity contribution is 0.134. The number of hydrogen-bond acceptors (Lipinski definition) is 3. The van der Waals surface area contributed by atoms with Gasteiger partial charge < -0.3 is 15.4 Å². The van der Waals surface area contributed by atoms with Gasteiger partial charge in [0.25, 0.3) is 0 Å². The summed E-state index contributed by atoms with van der Waals surface area (Å²) in [5.74, 6) is 0.942. The molecule has 1 aliphatic heterocycles. The van der Waals surface area contributed by atoms with E-state index < -0.39 is 0 Å². The van der Waals surface area contributed by atoms with Gasteiger partial charge in [-0.3, -0.25) is 9.89 Å². The standard InChI is InChI=1S/C21H36N4O.HI/c1-4-22-21(23-13-9-15-26-5-2)24-20-12-14-25(18(3)16-20)17-19-10-7-6-8-11-19;/h6-8,10-11,18,20H,4-5,9,12-17H2,1-3H3,(H2,22,23,24);1H. The van der Waals surface area contributed by atoms with Crippen molar-refractivity contribution in [1.82, 2.24) is 15.5 Å². The molecule has 154 valence electrons. The number of nitrogens with zero attached hydrogens (tertiary/aromatic N) is 2. The third-order valence-corrected chi connectivity index (χ3v) is 4.85. The van der Waals surface area contributed by atoms with Crippen LogP contribution in [0, 0.1) is 0 Å². The highest BCUT2D eigenvalue weighted by Gasteiger charge is 2.25. The number of aliphatic imine (C=N–C) groups is 1. The fourth-order valence-corrected chi connectivity index (χ4v) is 3.42. The maximum absolute atomic E-state index is 5.38. The van der Waals surface area contributed by atoms with Crippen molar-refractivity contribution in [3.63, 3.8) is 0 Å². The number of rotatable bonds is 9. The van der Waals surface area contributed by atoms with Crippen molar-refractivity contribution < 1.29 is 4.74 Å². The molecular formula is C21H37IN4O. The highest BCUT2D eigenvalue weighted by molar-refractivity contribution is 14.0. The van der Waals surface area contributed by atoms with Crippen molar-refractivity contribution in [3.05, 3.63) is 35.9 Å². The lowest BCUT2D eigenvalue weighted by Gasteiger charge is -2.38. The zero-order valence-corrected chi connectivity index (χ0v) is 19.4. The summed E-state index contributed by atoms with van der Waals surface area (Å²) < 4.78 is 5.38. The van der Waals surface area contributed by atoms with Crippen LogP contribution in [0.3, 0.4) is 0 Å². The molecule has 1 aromatic rings. The second-order valence-electron chi connectivity index (χ2n) is 6.98. The highest BCUT2D eigenvalue weighted by Crippen LogP contribution is 2.19. The molecule has 2 rings (SSSR count). The Labute approximate surface area is 182 Å². The number of ether oxygens (including phenoxy) is 1. The zero-order valence-electron chi connectivity index (χ0n) is 17.1. The molecule has 1 heterocycles. The summed E-state index contributed by atoms with van der Waals surface area (Å²) in [5.41, 5.74) is 1.40. The van der Waals surface area contributed by atoms with Crippen LogP contribution >= 0.6 is 24.0 Å². The Kier molecular flexibility index (Phi) is 12.7. The summed E-state index contributed by atoms with van der Waals surface area (Å²) in [6.07, 6.45) is 3.27. The molecule has 0 saturated carbocycles. The Balaban J connectivity index is 0.00000364. The Morgan fingerprint density at radius 3 is 2.70 bits per heavy atom. The van der Waals surface area contributed by atoms with Gasteiger partial charge in [0.05, 0.1) is 0 Å². The van der Waals surface area contributed by atoms with E-state index in [1.807, 2.05) is 6.92 Å². The van der Waals surface area contributed by atoms with Gasteiger partial charge in [-0.25, -0.2) is 0 Å². The van der Waals surface area contributed by atoms with Crippen LogP contribution in [-0.4, -0.2) is 55.8 Å². The van der Waals surface area contributed by atoms with Crippen molar-refractivity contribution in [1.29, 1.82) is 0 Å². The molecule has 1 aromatic carbocycles. The SMILES string of the molecule is CCNC(=NCCCOCC)NC1CCN(Cc2ccccc2)C(C)C1.I. The predicted molar refractivity (Wildman–Crippen MR) is 125 cm³/mol. The van der Waals surface area contributed by atoms with Crippen molar-refractivity contribution in [3.8, 4) is 0 Å². The quantitative estimate of drug-likeness (QED) is 0.241. The number of halogens is 1. The summed E-state index contributed by atoms with van der Waals surface area (Å²) in [7, 11) is 0. The third kappa shape index (κ3) is 9.25. The fraction of sp³-hybridized carbons (Fsp3) is 0.667. The number of likely N-dealkylation sites (tertiary alicyclic amines) is 1. The number of benzene rings is 1. The van der Waals surface area contributed by atoms with Gasteiger partial charge in [0.15, 0.2) is 5.96 Å². The van der Waals surface area contributed by atoms with Gasteiger partial charge in [-0.05, 0) is 45.6 Å². The van der Waals surface area contributed by atoms with E-state index in [2.05, 4.69) is 59.7 Å². The van der Waals surface area contributed by atoms with E-state index in [1.165, 1.54) is 5.56 Å². The lowest BCUT2D eigenvalue weighted by atomic mass is 9.97. The summed E-state index contributed by atoms with van der Waals surface area (Å²) in [6.45, 7) is 11.9. The monoisotopic (exact) mass is 488 g/mol. The van der Waals surface area contributed by atoms with Crippen LogP contribution in [0.1, 0.15) is 45.6 Å². The molecule has 27 heavy (non-hydrogen) atoms. The Hall–Kier alpha value is -0.860. The molecule has 0 aromatic heterocycles. The van der Waals surface area contributed by atoms with Gasteiger partial charge in [0.2, 0.25) is 0 Å². The van der Waals surface area contributed by atoms with Crippen LogP contribution in [-0.2, 0) is 11.3 Å². The van der Waals surface area contributed by atoms with Crippen LogP contribution in [0.2, 0.25) is 0 Å². The van der Waals surface area contributed by atoms with Crippen molar-refractivity contribution in [2.24, 2.45) is 4.99 Å². The number of nitrogens with one attached hydrogen (secondary N) is 2. The van der Waals surface area contributed by atoms with Crippen LogP contribution in [0.4, 0.5) is 0 Å². The number of hydrogen-bond donors (Lipinski definition) is 2. The van der Waals surface area contributed by atoms with Crippen LogP contribution in [0.5, 0.6) is 0 Å². The molecular weight excluding hydrogens is 451 g/mol. The molecule has 1 saturated heterocycles. The Morgan fingerprint density at radius 1 is 1.26 bits per heavy atom. The van der Waals surface area contributed by atoms with E-state index in [0.717, 1.165) is 64.6 Å².